The van der Waals surface area contributed by atoms with Gasteiger partial charge in [0.2, 0.25) is 6.29 Å². The predicted molar refractivity (Wildman–Crippen MR) is 100 cm³/mol. The molecular weight excluding hydrogens is 438 g/mol. The van der Waals surface area contributed by atoms with E-state index >= 15 is 0 Å². The highest BCUT2D eigenvalue weighted by Crippen LogP contribution is 2.27. The zero-order chi connectivity index (χ0) is 23.6. The van der Waals surface area contributed by atoms with Crippen molar-refractivity contribution in [3.8, 4) is 5.75 Å². The molecule has 0 aromatic heterocycles. The van der Waals surface area contributed by atoms with Gasteiger partial charge in [0.05, 0.1) is 18.1 Å². The Bertz CT molecular complexity index is 762. The lowest BCUT2D eigenvalue weighted by Crippen LogP contribution is -2.62. The van der Waals surface area contributed by atoms with Gasteiger partial charge in [0.1, 0.15) is 54.6 Å². The molecule has 0 bridgehead atoms. The van der Waals surface area contributed by atoms with Crippen LogP contribution in [-0.2, 0) is 14.2 Å². The number of benzene rings is 1. The number of hydrogen-bond donors (Lipinski definition) is 7. The summed E-state index contributed by atoms with van der Waals surface area (Å²) < 4.78 is 21.4. The van der Waals surface area contributed by atoms with Crippen LogP contribution >= 0.6 is 0 Å². The third-order valence-corrected chi connectivity index (χ3v) is 5.24. The first kappa shape index (κ1) is 24.7. The van der Waals surface area contributed by atoms with Gasteiger partial charge in [0, 0.05) is 12.1 Å². The SMILES string of the molecule is O=[N+]([O-])c1ccc(O[C@H]2O[C@@H](CO[C@@H]3O[C@H](CO)[C@@H](O)[C@H](O)[C@@H]3O)[C@H](O)[C@@H](O)[C@@H]2O)cc1. The highest BCUT2D eigenvalue weighted by Gasteiger charge is 2.47. The fraction of sp³-hybridized carbons (Fsp3) is 0.667. The molecule has 10 atom stereocenters. The number of nitro groups is 1. The first-order valence-electron chi connectivity index (χ1n) is 9.67. The molecule has 0 aliphatic carbocycles. The molecule has 0 unspecified atom stereocenters. The Morgan fingerprint density at radius 3 is 1.91 bits per heavy atom. The Labute approximate surface area is 180 Å². The molecule has 1 aromatic rings. The minimum Gasteiger partial charge on any atom is -0.462 e. The maximum atomic E-state index is 10.7. The van der Waals surface area contributed by atoms with E-state index < -0.39 is 79.5 Å². The highest BCUT2D eigenvalue weighted by molar-refractivity contribution is 5.36. The molecule has 2 saturated heterocycles. The van der Waals surface area contributed by atoms with E-state index in [-0.39, 0.29) is 11.4 Å². The molecule has 0 saturated carbocycles. The molecule has 2 fully saturated rings. The summed E-state index contributed by atoms with van der Waals surface area (Å²) in [6, 6.07) is 4.83. The molecule has 1 aromatic carbocycles. The molecule has 0 radical (unpaired) electrons. The van der Waals surface area contributed by atoms with Crippen molar-refractivity contribution < 1.29 is 59.6 Å². The Morgan fingerprint density at radius 1 is 0.812 bits per heavy atom. The maximum Gasteiger partial charge on any atom is 0.269 e. The summed E-state index contributed by atoms with van der Waals surface area (Å²) in [5.74, 6) is 0.0804. The van der Waals surface area contributed by atoms with E-state index in [2.05, 4.69) is 0 Å². The Balaban J connectivity index is 1.64. The third kappa shape index (κ3) is 5.15. The minimum absolute atomic E-state index is 0.0804. The Kier molecular flexibility index (Phi) is 7.94. The first-order valence-corrected chi connectivity index (χ1v) is 9.67. The van der Waals surface area contributed by atoms with Crippen molar-refractivity contribution in [2.24, 2.45) is 0 Å². The highest BCUT2D eigenvalue weighted by atomic mass is 16.7. The fourth-order valence-corrected chi connectivity index (χ4v) is 3.33. The van der Waals surface area contributed by atoms with E-state index in [0.29, 0.717) is 0 Å². The average molecular weight is 463 g/mol. The lowest BCUT2D eigenvalue weighted by atomic mass is 9.98. The molecule has 14 nitrogen and oxygen atoms in total. The Morgan fingerprint density at radius 2 is 1.34 bits per heavy atom. The number of nitrogens with zero attached hydrogens (tertiary/aromatic N) is 1. The largest absolute Gasteiger partial charge is 0.462 e. The maximum absolute atomic E-state index is 10.7. The van der Waals surface area contributed by atoms with Gasteiger partial charge < -0.3 is 54.7 Å². The van der Waals surface area contributed by atoms with Crippen LogP contribution in [0.1, 0.15) is 0 Å². The van der Waals surface area contributed by atoms with E-state index in [9.17, 15) is 45.9 Å². The van der Waals surface area contributed by atoms with Gasteiger partial charge in [-0.05, 0) is 12.1 Å². The second-order valence-electron chi connectivity index (χ2n) is 7.41. The van der Waals surface area contributed by atoms with Crippen molar-refractivity contribution >= 4 is 5.69 Å². The molecule has 14 heteroatoms. The van der Waals surface area contributed by atoms with Crippen LogP contribution in [0, 0.1) is 10.1 Å². The van der Waals surface area contributed by atoms with Crippen LogP contribution in [0.25, 0.3) is 0 Å². The topological polar surface area (TPSA) is 222 Å². The van der Waals surface area contributed by atoms with Gasteiger partial charge in [-0.15, -0.1) is 0 Å². The molecule has 180 valence electrons. The first-order chi connectivity index (χ1) is 15.1. The summed E-state index contributed by atoms with van der Waals surface area (Å²) in [7, 11) is 0. The summed E-state index contributed by atoms with van der Waals surface area (Å²) in [4.78, 5) is 10.1. The molecule has 0 amide bonds. The smallest absolute Gasteiger partial charge is 0.269 e. The molecule has 2 heterocycles. The number of hydrogen-bond acceptors (Lipinski definition) is 13. The molecule has 3 rings (SSSR count). The molecule has 32 heavy (non-hydrogen) atoms. The van der Waals surface area contributed by atoms with E-state index in [1.807, 2.05) is 0 Å². The van der Waals surface area contributed by atoms with Gasteiger partial charge in [-0.3, -0.25) is 10.1 Å². The van der Waals surface area contributed by atoms with Crippen LogP contribution in [0.2, 0.25) is 0 Å². The van der Waals surface area contributed by atoms with E-state index in [0.717, 1.165) is 12.1 Å². The average Bonchev–Trinajstić information content (AvgIpc) is 2.78. The second kappa shape index (κ2) is 10.3. The van der Waals surface area contributed by atoms with E-state index in [1.54, 1.807) is 0 Å². The third-order valence-electron chi connectivity index (χ3n) is 5.24. The van der Waals surface area contributed by atoms with Crippen molar-refractivity contribution in [2.75, 3.05) is 13.2 Å². The van der Waals surface area contributed by atoms with Crippen LogP contribution < -0.4 is 4.74 Å². The van der Waals surface area contributed by atoms with Crippen LogP contribution in [0.5, 0.6) is 5.75 Å². The van der Waals surface area contributed by atoms with Crippen molar-refractivity contribution in [3.63, 3.8) is 0 Å². The summed E-state index contributed by atoms with van der Waals surface area (Å²) in [6.07, 6.45) is -15.4. The summed E-state index contributed by atoms with van der Waals surface area (Å²) in [5, 5.41) is 80.1. The standard InChI is InChI=1S/C18H25NO13/c20-5-9-11(21)13(23)15(25)17(31-9)29-6-10-12(22)14(24)16(26)18(32-10)30-8-3-1-7(2-4-8)19(27)28/h1-4,9-18,20-26H,5-6H2/t9-,10+,11-,12+,13+,14-,15+,16+,17-,18+/m1/s1. The monoisotopic (exact) mass is 463 g/mol. The summed E-state index contributed by atoms with van der Waals surface area (Å²) in [5.41, 5.74) is -0.191. The number of aliphatic hydroxyl groups is 7. The fourth-order valence-electron chi connectivity index (χ4n) is 3.33. The molecular formula is C18H25NO13. The van der Waals surface area contributed by atoms with Crippen molar-refractivity contribution in [3.05, 3.63) is 34.4 Å². The van der Waals surface area contributed by atoms with Crippen molar-refractivity contribution in [1.82, 2.24) is 0 Å². The molecule has 2 aliphatic rings. The molecule has 0 spiro atoms. The lowest BCUT2D eigenvalue weighted by Gasteiger charge is -2.42. The zero-order valence-electron chi connectivity index (χ0n) is 16.5. The lowest BCUT2D eigenvalue weighted by molar-refractivity contribution is -0.384. The molecule has 2 aliphatic heterocycles. The van der Waals surface area contributed by atoms with Crippen LogP contribution in [0.4, 0.5) is 5.69 Å². The summed E-state index contributed by atoms with van der Waals surface area (Å²) in [6.45, 7) is -1.17. The van der Waals surface area contributed by atoms with Gasteiger partial charge in [-0.2, -0.15) is 0 Å². The number of aliphatic hydroxyl groups excluding tert-OH is 7. The predicted octanol–water partition coefficient (Wildman–Crippen LogP) is -3.40. The zero-order valence-corrected chi connectivity index (χ0v) is 16.5. The minimum atomic E-state index is -1.71. The van der Waals surface area contributed by atoms with E-state index in [4.69, 9.17) is 18.9 Å². The Hall–Kier alpha value is -1.98. The van der Waals surface area contributed by atoms with Crippen LogP contribution in [-0.4, -0.2) is 115 Å². The van der Waals surface area contributed by atoms with Gasteiger partial charge in [-0.1, -0.05) is 0 Å². The van der Waals surface area contributed by atoms with Gasteiger partial charge in [-0.25, -0.2) is 0 Å². The normalized spacial score (nSPS) is 40.1. The van der Waals surface area contributed by atoms with Crippen LogP contribution in [0.3, 0.4) is 0 Å². The van der Waals surface area contributed by atoms with Crippen LogP contribution in [0.15, 0.2) is 24.3 Å². The second-order valence-corrected chi connectivity index (χ2v) is 7.41. The van der Waals surface area contributed by atoms with Gasteiger partial charge >= 0.3 is 0 Å². The van der Waals surface area contributed by atoms with Crippen molar-refractivity contribution in [2.45, 2.75) is 61.4 Å². The number of ether oxygens (including phenoxy) is 4. The number of rotatable bonds is 7. The number of non-ortho nitro benzene ring substituents is 1. The van der Waals surface area contributed by atoms with Gasteiger partial charge in [0.15, 0.2) is 6.29 Å². The quantitative estimate of drug-likeness (QED) is 0.155. The summed E-state index contributed by atoms with van der Waals surface area (Å²) >= 11 is 0. The molecule has 7 N–H and O–H groups in total. The van der Waals surface area contributed by atoms with E-state index in [1.165, 1.54) is 12.1 Å². The van der Waals surface area contributed by atoms with Gasteiger partial charge in [0.25, 0.3) is 5.69 Å². The van der Waals surface area contributed by atoms with Crippen molar-refractivity contribution in [1.29, 1.82) is 0 Å². The number of nitro benzene ring substituents is 1.